The minimum absolute atomic E-state index is 0.0362. The number of nitrogens with one attached hydrogen (secondary N) is 2. The second-order valence-corrected chi connectivity index (χ2v) is 6.46. The zero-order valence-corrected chi connectivity index (χ0v) is 11.8. The summed E-state index contributed by atoms with van der Waals surface area (Å²) < 4.78 is 39.2. The maximum atomic E-state index is 12.8. The Morgan fingerprint density at radius 1 is 1.00 bits per heavy atom. The molecule has 0 amide bonds. The lowest BCUT2D eigenvalue weighted by Gasteiger charge is -2.07. The van der Waals surface area contributed by atoms with Gasteiger partial charge in [0.2, 0.25) is 0 Å². The Hall–Kier alpha value is -2.22. The molecule has 2 aromatic rings. The highest BCUT2D eigenvalue weighted by Gasteiger charge is 2.21. The summed E-state index contributed by atoms with van der Waals surface area (Å²) in [5.41, 5.74) is 0. The van der Waals surface area contributed by atoms with Gasteiger partial charge in [-0.15, -0.1) is 10.2 Å². The van der Waals surface area contributed by atoms with Crippen LogP contribution in [-0.2, 0) is 10.0 Å². The van der Waals surface area contributed by atoms with Gasteiger partial charge in [-0.05, 0) is 49.2 Å². The summed E-state index contributed by atoms with van der Waals surface area (Å²) in [4.78, 5) is -0.0362. The van der Waals surface area contributed by atoms with Crippen LogP contribution in [0.2, 0.25) is 0 Å². The number of benzene rings is 1. The van der Waals surface area contributed by atoms with Crippen LogP contribution in [0, 0.1) is 5.82 Å². The van der Waals surface area contributed by atoms with Gasteiger partial charge < -0.3 is 5.32 Å². The predicted molar refractivity (Wildman–Crippen MR) is 75.9 cm³/mol. The lowest BCUT2D eigenvalue weighted by Crippen LogP contribution is -2.14. The smallest absolute Gasteiger partial charge is 0.263 e. The Morgan fingerprint density at radius 2 is 1.62 bits per heavy atom. The first-order chi connectivity index (χ1) is 10.0. The van der Waals surface area contributed by atoms with E-state index in [9.17, 15) is 12.8 Å². The van der Waals surface area contributed by atoms with Crippen molar-refractivity contribution in [1.29, 1.82) is 0 Å². The molecule has 0 saturated heterocycles. The third-order valence-electron chi connectivity index (χ3n) is 2.96. The van der Waals surface area contributed by atoms with Crippen molar-refractivity contribution in [1.82, 2.24) is 10.2 Å². The van der Waals surface area contributed by atoms with Crippen LogP contribution >= 0.6 is 0 Å². The molecule has 1 aliphatic rings. The van der Waals surface area contributed by atoms with Crippen LogP contribution < -0.4 is 10.0 Å². The SMILES string of the molecule is O=S(=O)(Nc1ccc(NC2CC2)nn1)c1ccc(F)cc1. The van der Waals surface area contributed by atoms with E-state index in [0.717, 1.165) is 25.0 Å². The molecule has 1 aliphatic carbocycles. The summed E-state index contributed by atoms with van der Waals surface area (Å²) in [7, 11) is -3.79. The van der Waals surface area contributed by atoms with Crippen molar-refractivity contribution < 1.29 is 12.8 Å². The molecule has 0 atom stereocenters. The molecule has 21 heavy (non-hydrogen) atoms. The molecule has 110 valence electrons. The summed E-state index contributed by atoms with van der Waals surface area (Å²) in [6, 6.07) is 8.18. The molecule has 0 spiro atoms. The standard InChI is InChI=1S/C13H13FN4O2S/c14-9-1-5-11(6-2-9)21(19,20)18-13-8-7-12(16-17-13)15-10-3-4-10/h1-2,5-8,10H,3-4H2,(H,15,16)(H,17,18). The van der Waals surface area contributed by atoms with Gasteiger partial charge in [0.15, 0.2) is 5.82 Å². The van der Waals surface area contributed by atoms with Gasteiger partial charge in [-0.1, -0.05) is 0 Å². The van der Waals surface area contributed by atoms with E-state index < -0.39 is 15.8 Å². The number of nitrogens with zero attached hydrogens (tertiary/aromatic N) is 2. The molecule has 1 heterocycles. The summed E-state index contributed by atoms with van der Waals surface area (Å²) in [6.07, 6.45) is 2.22. The largest absolute Gasteiger partial charge is 0.366 e. The van der Waals surface area contributed by atoms with E-state index in [0.29, 0.717) is 11.9 Å². The van der Waals surface area contributed by atoms with E-state index in [1.165, 1.54) is 18.2 Å². The van der Waals surface area contributed by atoms with Gasteiger partial charge in [-0.2, -0.15) is 0 Å². The Labute approximate surface area is 121 Å². The van der Waals surface area contributed by atoms with Gasteiger partial charge in [-0.25, -0.2) is 12.8 Å². The number of rotatable bonds is 5. The van der Waals surface area contributed by atoms with Crippen LogP contribution in [0.5, 0.6) is 0 Å². The van der Waals surface area contributed by atoms with Crippen LogP contribution in [0.25, 0.3) is 0 Å². The highest BCUT2D eigenvalue weighted by Crippen LogP contribution is 2.23. The molecule has 0 unspecified atom stereocenters. The molecule has 3 rings (SSSR count). The van der Waals surface area contributed by atoms with E-state index in [4.69, 9.17) is 0 Å². The molecule has 0 radical (unpaired) electrons. The molecule has 1 aromatic carbocycles. The average molecular weight is 308 g/mol. The molecule has 0 aliphatic heterocycles. The minimum Gasteiger partial charge on any atom is -0.366 e. The highest BCUT2D eigenvalue weighted by molar-refractivity contribution is 7.92. The fraction of sp³-hybridized carbons (Fsp3) is 0.231. The van der Waals surface area contributed by atoms with Crippen molar-refractivity contribution in [3.05, 3.63) is 42.2 Å². The Kier molecular flexibility index (Phi) is 3.46. The van der Waals surface area contributed by atoms with Gasteiger partial charge in [-0.3, -0.25) is 4.72 Å². The number of halogens is 1. The van der Waals surface area contributed by atoms with E-state index in [2.05, 4.69) is 20.2 Å². The topological polar surface area (TPSA) is 84.0 Å². The zero-order valence-electron chi connectivity index (χ0n) is 11.0. The first-order valence-electron chi connectivity index (χ1n) is 6.41. The molecule has 6 nitrogen and oxygen atoms in total. The van der Waals surface area contributed by atoms with E-state index in [1.807, 2.05) is 0 Å². The lowest BCUT2D eigenvalue weighted by molar-refractivity contribution is 0.599. The van der Waals surface area contributed by atoms with E-state index in [-0.39, 0.29) is 10.7 Å². The highest BCUT2D eigenvalue weighted by atomic mass is 32.2. The third-order valence-corrected chi connectivity index (χ3v) is 4.33. The second kappa shape index (κ2) is 5.28. The van der Waals surface area contributed by atoms with Gasteiger partial charge in [0, 0.05) is 6.04 Å². The number of hydrogen-bond acceptors (Lipinski definition) is 5. The Morgan fingerprint density at radius 3 is 2.19 bits per heavy atom. The van der Waals surface area contributed by atoms with Crippen molar-refractivity contribution >= 4 is 21.7 Å². The maximum Gasteiger partial charge on any atom is 0.263 e. The quantitative estimate of drug-likeness (QED) is 0.882. The molecule has 1 saturated carbocycles. The number of anilines is 2. The fourth-order valence-corrected chi connectivity index (χ4v) is 2.71. The molecule has 1 aromatic heterocycles. The second-order valence-electron chi connectivity index (χ2n) is 4.78. The average Bonchev–Trinajstić information content (AvgIpc) is 3.25. The van der Waals surface area contributed by atoms with Crippen LogP contribution in [-0.4, -0.2) is 24.7 Å². The number of hydrogen-bond donors (Lipinski definition) is 2. The van der Waals surface area contributed by atoms with Crippen molar-refractivity contribution in [2.75, 3.05) is 10.0 Å². The molecule has 8 heteroatoms. The van der Waals surface area contributed by atoms with E-state index in [1.54, 1.807) is 6.07 Å². The molecule has 0 bridgehead atoms. The first-order valence-corrected chi connectivity index (χ1v) is 7.90. The normalized spacial score (nSPS) is 14.7. The van der Waals surface area contributed by atoms with Gasteiger partial charge in [0.1, 0.15) is 11.6 Å². The molecule has 1 fully saturated rings. The summed E-state index contributed by atoms with van der Waals surface area (Å²) in [6.45, 7) is 0. The lowest BCUT2D eigenvalue weighted by atomic mass is 10.4. The maximum absolute atomic E-state index is 12.8. The monoisotopic (exact) mass is 308 g/mol. The molecular formula is C13H13FN4O2S. The van der Waals surface area contributed by atoms with Gasteiger partial charge in [0.25, 0.3) is 10.0 Å². The van der Waals surface area contributed by atoms with Gasteiger partial charge >= 0.3 is 0 Å². The fourth-order valence-electron chi connectivity index (χ4n) is 1.71. The Balaban J connectivity index is 1.73. The first kappa shape index (κ1) is 13.7. The van der Waals surface area contributed by atoms with Crippen LogP contribution in [0.3, 0.4) is 0 Å². The van der Waals surface area contributed by atoms with Crippen molar-refractivity contribution in [2.24, 2.45) is 0 Å². The van der Waals surface area contributed by atoms with Gasteiger partial charge in [0.05, 0.1) is 4.90 Å². The minimum atomic E-state index is -3.79. The molecular weight excluding hydrogens is 295 g/mol. The van der Waals surface area contributed by atoms with Crippen LogP contribution in [0.1, 0.15) is 12.8 Å². The predicted octanol–water partition coefficient (Wildman–Crippen LogP) is 1.99. The zero-order chi connectivity index (χ0) is 14.9. The van der Waals surface area contributed by atoms with Crippen LogP contribution in [0.15, 0.2) is 41.3 Å². The third kappa shape index (κ3) is 3.46. The van der Waals surface area contributed by atoms with Crippen molar-refractivity contribution in [2.45, 2.75) is 23.8 Å². The van der Waals surface area contributed by atoms with E-state index >= 15 is 0 Å². The number of sulfonamides is 1. The Bertz CT molecular complexity index is 728. The van der Waals surface area contributed by atoms with Crippen LogP contribution in [0.4, 0.5) is 16.0 Å². The van der Waals surface area contributed by atoms with Crippen molar-refractivity contribution in [3.63, 3.8) is 0 Å². The molecule has 2 N–H and O–H groups in total. The van der Waals surface area contributed by atoms with Crippen molar-refractivity contribution in [3.8, 4) is 0 Å². The summed E-state index contributed by atoms with van der Waals surface area (Å²) in [5, 5.41) is 10.9. The summed E-state index contributed by atoms with van der Waals surface area (Å²) in [5.74, 6) is 0.229. The summed E-state index contributed by atoms with van der Waals surface area (Å²) >= 11 is 0. The number of aromatic nitrogens is 2.